The lowest BCUT2D eigenvalue weighted by Gasteiger charge is -2.12. The van der Waals surface area contributed by atoms with Gasteiger partial charge in [0.05, 0.1) is 12.6 Å². The van der Waals surface area contributed by atoms with Gasteiger partial charge in [-0.25, -0.2) is 0 Å². The lowest BCUT2D eigenvalue weighted by atomic mass is 10.2. The third-order valence-electron chi connectivity index (χ3n) is 1.73. The number of nitrogens with zero attached hydrogens (tertiary/aromatic N) is 1. The van der Waals surface area contributed by atoms with Gasteiger partial charge in [-0.2, -0.15) is 0 Å². The van der Waals surface area contributed by atoms with Gasteiger partial charge in [-0.1, -0.05) is 6.08 Å². The minimum atomic E-state index is -0.0956. The number of nitrogens with one attached hydrogen (secondary N) is 1. The highest BCUT2D eigenvalue weighted by Crippen LogP contribution is 2.08. The number of rotatable bonds is 4. The molecule has 0 spiro atoms. The van der Waals surface area contributed by atoms with Gasteiger partial charge in [0.15, 0.2) is 0 Å². The minimum Gasteiger partial charge on any atom is -0.394 e. The van der Waals surface area contributed by atoms with Crippen LogP contribution in [0, 0.1) is 6.92 Å². The van der Waals surface area contributed by atoms with Crippen molar-refractivity contribution in [2.45, 2.75) is 13.0 Å². The number of aliphatic hydroxyl groups excluding tert-OH is 1. The topological polar surface area (TPSA) is 45.1 Å². The Balaban J connectivity index is 2.67. The second-order valence-corrected chi connectivity index (χ2v) is 2.86. The summed E-state index contributed by atoms with van der Waals surface area (Å²) in [5.41, 5.74) is 1.90. The molecule has 0 aliphatic carbocycles. The first kappa shape index (κ1) is 9.74. The van der Waals surface area contributed by atoms with E-state index in [9.17, 15) is 0 Å². The van der Waals surface area contributed by atoms with E-state index < -0.39 is 0 Å². The van der Waals surface area contributed by atoms with Gasteiger partial charge in [-0.05, 0) is 19.1 Å². The Hall–Kier alpha value is -1.35. The van der Waals surface area contributed by atoms with Crippen molar-refractivity contribution < 1.29 is 5.11 Å². The first-order valence-corrected chi connectivity index (χ1v) is 4.19. The van der Waals surface area contributed by atoms with E-state index in [4.69, 9.17) is 5.11 Å². The highest BCUT2D eigenvalue weighted by Gasteiger charge is 2.01. The zero-order valence-electron chi connectivity index (χ0n) is 7.70. The molecule has 0 radical (unpaired) electrons. The zero-order valence-corrected chi connectivity index (χ0v) is 7.70. The lowest BCUT2D eigenvalue weighted by Crippen LogP contribution is -2.20. The Bertz CT molecular complexity index is 286. The summed E-state index contributed by atoms with van der Waals surface area (Å²) in [7, 11) is 0. The van der Waals surface area contributed by atoms with Crippen LogP contribution in [0.5, 0.6) is 0 Å². The minimum absolute atomic E-state index is 0.0465. The smallest absolute Gasteiger partial charge is 0.0673 e. The van der Waals surface area contributed by atoms with Gasteiger partial charge in [-0.3, -0.25) is 4.98 Å². The van der Waals surface area contributed by atoms with Gasteiger partial charge in [0.25, 0.3) is 0 Å². The van der Waals surface area contributed by atoms with Crippen LogP contribution in [0.15, 0.2) is 31.0 Å². The van der Waals surface area contributed by atoms with Gasteiger partial charge >= 0.3 is 0 Å². The summed E-state index contributed by atoms with van der Waals surface area (Å²) in [4.78, 5) is 4.07. The molecular formula is C10H14N2O. The van der Waals surface area contributed by atoms with Crippen molar-refractivity contribution >= 4 is 5.69 Å². The Morgan fingerprint density at radius 1 is 1.77 bits per heavy atom. The molecule has 1 aromatic rings. The number of aryl methyl sites for hydroxylation is 1. The van der Waals surface area contributed by atoms with Crippen molar-refractivity contribution in [2.24, 2.45) is 0 Å². The van der Waals surface area contributed by atoms with E-state index in [0.717, 1.165) is 11.4 Å². The summed E-state index contributed by atoms with van der Waals surface area (Å²) >= 11 is 0. The van der Waals surface area contributed by atoms with Crippen LogP contribution >= 0.6 is 0 Å². The van der Waals surface area contributed by atoms with Crippen LogP contribution < -0.4 is 5.32 Å². The molecule has 2 N–H and O–H groups in total. The molecule has 0 amide bonds. The maximum Gasteiger partial charge on any atom is 0.0673 e. The Kier molecular flexibility index (Phi) is 3.46. The Morgan fingerprint density at radius 2 is 2.54 bits per heavy atom. The predicted molar refractivity (Wildman–Crippen MR) is 53.7 cm³/mol. The first-order chi connectivity index (χ1) is 6.26. The fourth-order valence-corrected chi connectivity index (χ4v) is 1.03. The summed E-state index contributed by atoms with van der Waals surface area (Å²) in [5, 5.41) is 12.0. The first-order valence-electron chi connectivity index (χ1n) is 4.19. The molecule has 0 aromatic carbocycles. The number of hydrogen-bond donors (Lipinski definition) is 2. The summed E-state index contributed by atoms with van der Waals surface area (Å²) in [6, 6.07) is 3.69. The van der Waals surface area contributed by atoms with Crippen LogP contribution in [-0.4, -0.2) is 22.7 Å². The molecule has 3 nitrogen and oxygen atoms in total. The Morgan fingerprint density at radius 3 is 3.08 bits per heavy atom. The highest BCUT2D eigenvalue weighted by atomic mass is 16.3. The Labute approximate surface area is 78.1 Å². The molecule has 0 aliphatic rings. The standard InChI is InChI=1S/C10H14N2O/c1-3-9(7-13)12-10-4-5-11-8(2)6-10/h3-6,9,13H,1,7H2,2H3,(H,11,12). The molecule has 0 fully saturated rings. The molecule has 0 saturated heterocycles. The normalized spacial score (nSPS) is 12.2. The van der Waals surface area contributed by atoms with E-state index in [0.29, 0.717) is 0 Å². The van der Waals surface area contributed by atoms with Gasteiger partial charge in [0, 0.05) is 17.6 Å². The van der Waals surface area contributed by atoms with Crippen LogP contribution in [0.2, 0.25) is 0 Å². The van der Waals surface area contributed by atoms with Crippen LogP contribution in [0.3, 0.4) is 0 Å². The molecule has 1 unspecified atom stereocenters. The number of pyridine rings is 1. The van der Waals surface area contributed by atoms with Crippen LogP contribution in [0.1, 0.15) is 5.69 Å². The second kappa shape index (κ2) is 4.62. The largest absolute Gasteiger partial charge is 0.394 e. The van der Waals surface area contributed by atoms with E-state index in [1.54, 1.807) is 12.3 Å². The zero-order chi connectivity index (χ0) is 9.68. The maximum atomic E-state index is 8.91. The van der Waals surface area contributed by atoms with Crippen molar-refractivity contribution in [3.63, 3.8) is 0 Å². The molecule has 3 heteroatoms. The molecule has 0 bridgehead atoms. The molecule has 1 heterocycles. The second-order valence-electron chi connectivity index (χ2n) is 2.86. The molecule has 0 saturated carbocycles. The van der Waals surface area contributed by atoms with Crippen LogP contribution in [0.25, 0.3) is 0 Å². The van der Waals surface area contributed by atoms with Crippen molar-refractivity contribution in [2.75, 3.05) is 11.9 Å². The van der Waals surface area contributed by atoms with Gasteiger partial charge in [0.1, 0.15) is 0 Å². The van der Waals surface area contributed by atoms with E-state index >= 15 is 0 Å². The van der Waals surface area contributed by atoms with E-state index in [1.807, 2.05) is 19.1 Å². The predicted octanol–water partition coefficient (Wildman–Crippen LogP) is 1.35. The molecule has 1 aromatic heterocycles. The van der Waals surface area contributed by atoms with E-state index in [2.05, 4.69) is 16.9 Å². The summed E-state index contributed by atoms with van der Waals surface area (Å²) < 4.78 is 0. The third-order valence-corrected chi connectivity index (χ3v) is 1.73. The summed E-state index contributed by atoms with van der Waals surface area (Å²) in [6.45, 7) is 5.58. The summed E-state index contributed by atoms with van der Waals surface area (Å²) in [6.07, 6.45) is 3.41. The summed E-state index contributed by atoms with van der Waals surface area (Å²) in [5.74, 6) is 0. The number of hydrogen-bond acceptors (Lipinski definition) is 3. The van der Waals surface area contributed by atoms with Crippen molar-refractivity contribution in [1.82, 2.24) is 4.98 Å². The fourth-order valence-electron chi connectivity index (χ4n) is 1.03. The average Bonchev–Trinajstić information content (AvgIpc) is 2.14. The molecule has 0 aliphatic heterocycles. The number of anilines is 1. The van der Waals surface area contributed by atoms with Crippen molar-refractivity contribution in [3.8, 4) is 0 Å². The monoisotopic (exact) mass is 178 g/mol. The average molecular weight is 178 g/mol. The maximum absolute atomic E-state index is 8.91. The molecule has 13 heavy (non-hydrogen) atoms. The molecule has 1 rings (SSSR count). The quantitative estimate of drug-likeness (QED) is 0.684. The number of aromatic nitrogens is 1. The van der Waals surface area contributed by atoms with Crippen LogP contribution in [-0.2, 0) is 0 Å². The van der Waals surface area contributed by atoms with E-state index in [1.165, 1.54) is 0 Å². The van der Waals surface area contributed by atoms with Crippen LogP contribution in [0.4, 0.5) is 5.69 Å². The fraction of sp³-hybridized carbons (Fsp3) is 0.300. The molecule has 1 atom stereocenters. The van der Waals surface area contributed by atoms with Crippen molar-refractivity contribution in [3.05, 3.63) is 36.7 Å². The number of aliphatic hydroxyl groups is 1. The highest BCUT2D eigenvalue weighted by molar-refractivity contribution is 5.44. The van der Waals surface area contributed by atoms with Gasteiger partial charge in [0.2, 0.25) is 0 Å². The van der Waals surface area contributed by atoms with Gasteiger partial charge in [-0.15, -0.1) is 6.58 Å². The van der Waals surface area contributed by atoms with Crippen molar-refractivity contribution in [1.29, 1.82) is 0 Å². The molecular weight excluding hydrogens is 164 g/mol. The SMILES string of the molecule is C=CC(CO)Nc1ccnc(C)c1. The lowest BCUT2D eigenvalue weighted by molar-refractivity contribution is 0.291. The third kappa shape index (κ3) is 2.87. The molecule has 70 valence electrons. The van der Waals surface area contributed by atoms with Gasteiger partial charge < -0.3 is 10.4 Å². The van der Waals surface area contributed by atoms with E-state index in [-0.39, 0.29) is 12.6 Å².